The number of fused-ring (bicyclic) bond motifs is 1. The molecule has 0 unspecified atom stereocenters. The average Bonchev–Trinajstić information content (AvgIpc) is 3.73. The molecule has 0 aliphatic carbocycles. The highest BCUT2D eigenvalue weighted by Crippen LogP contribution is 2.34. The maximum Gasteiger partial charge on any atom is 0.320 e. The second-order valence-corrected chi connectivity index (χ2v) is 14.4. The number of phenols is 1. The van der Waals surface area contributed by atoms with Crippen LogP contribution in [-0.4, -0.2) is 65.8 Å². The van der Waals surface area contributed by atoms with Crippen molar-refractivity contribution in [2.45, 2.75) is 35.6 Å². The van der Waals surface area contributed by atoms with Gasteiger partial charge in [0.1, 0.15) is 23.9 Å². The Morgan fingerprint density at radius 1 is 1.02 bits per heavy atom. The van der Waals surface area contributed by atoms with E-state index in [1.807, 2.05) is 83.6 Å². The Kier molecular flexibility index (Phi) is 10.9. The van der Waals surface area contributed by atoms with E-state index in [4.69, 9.17) is 26.5 Å². The van der Waals surface area contributed by atoms with Crippen LogP contribution in [0.3, 0.4) is 0 Å². The van der Waals surface area contributed by atoms with Crippen LogP contribution in [-0.2, 0) is 12.0 Å². The quantitative estimate of drug-likeness (QED) is 0.0956. The number of carbonyl (C=O) groups excluding carboxylic acids is 1. The number of aliphatic hydroxyl groups is 1. The molecular weight excluding hydrogens is 694 g/mol. The number of nitrogens with one attached hydrogen (secondary N) is 2. The van der Waals surface area contributed by atoms with E-state index in [1.165, 1.54) is 6.07 Å². The van der Waals surface area contributed by atoms with Gasteiger partial charge in [0.2, 0.25) is 0 Å². The number of aromatic nitrogens is 5. The summed E-state index contributed by atoms with van der Waals surface area (Å²) >= 11 is 9.51. The number of phenolic OH excluding ortho intramolecular Hbond substituents is 1. The predicted molar refractivity (Wildman–Crippen MR) is 199 cm³/mol. The van der Waals surface area contributed by atoms with Crippen molar-refractivity contribution in [3.05, 3.63) is 107 Å². The van der Waals surface area contributed by atoms with Gasteiger partial charge in [-0.05, 0) is 60.4 Å². The first-order chi connectivity index (χ1) is 24.1. The number of hydrogen-bond acceptors (Lipinski definition) is 9. The summed E-state index contributed by atoms with van der Waals surface area (Å²) in [5.41, 5.74) is 3.62. The van der Waals surface area contributed by atoms with Gasteiger partial charge < -0.3 is 20.3 Å². The number of carbonyl (C=O) groups is 1. The molecule has 6 aromatic rings. The van der Waals surface area contributed by atoms with Crippen molar-refractivity contribution in [2.75, 3.05) is 30.5 Å². The van der Waals surface area contributed by atoms with Gasteiger partial charge in [-0.3, -0.25) is 9.72 Å². The third kappa shape index (κ3) is 8.02. The number of urea groups is 1. The highest BCUT2D eigenvalue weighted by atomic mass is 35.5. The van der Waals surface area contributed by atoms with Gasteiger partial charge in [0.05, 0.1) is 23.0 Å². The van der Waals surface area contributed by atoms with Crippen molar-refractivity contribution in [1.82, 2.24) is 29.7 Å². The Balaban J connectivity index is 1.19. The van der Waals surface area contributed by atoms with Crippen LogP contribution in [0.1, 0.15) is 25.1 Å². The molecule has 0 bridgehead atoms. The van der Waals surface area contributed by atoms with Gasteiger partial charge in [-0.15, -0.1) is 10.2 Å². The average molecular weight is 730 g/mol. The molecule has 14 heteroatoms. The first-order valence-corrected chi connectivity index (χ1v) is 18.3. The smallest absolute Gasteiger partial charge is 0.320 e. The second-order valence-electron chi connectivity index (χ2n) is 12.0. The summed E-state index contributed by atoms with van der Waals surface area (Å²) in [4.78, 5) is 15.3. The van der Waals surface area contributed by atoms with Gasteiger partial charge in [-0.2, -0.15) is 16.9 Å². The van der Waals surface area contributed by atoms with Crippen LogP contribution in [0.15, 0.2) is 101 Å². The fourth-order valence-corrected chi connectivity index (χ4v) is 7.30. The molecule has 2 amide bonds. The summed E-state index contributed by atoms with van der Waals surface area (Å²) in [6.45, 7) is 4.62. The summed E-state index contributed by atoms with van der Waals surface area (Å²) in [5.74, 6) is 2.57. The van der Waals surface area contributed by atoms with Crippen molar-refractivity contribution in [1.29, 1.82) is 0 Å². The van der Waals surface area contributed by atoms with Crippen molar-refractivity contribution in [3.63, 3.8) is 0 Å². The van der Waals surface area contributed by atoms with Crippen molar-refractivity contribution < 1.29 is 19.7 Å². The number of aliphatic hydroxyl groups excluding tert-OH is 1. The standard InChI is InChI=1S/C36H36ClN7O4S2/c1-36(2,22-49-3)31-19-33(44(42-31)25-11-13-29(46)28(37)18-25)39-35(47)38-20-24-7-4-5-10-30(24)50-27-12-14-32-40-41-34(43(32)21-27)23-8-6-9-26(17-23)48-16-15-45/h4-14,17-19,21,45-46H,15-16,20,22H2,1-3H3,(H2,38,39,47). The zero-order valence-corrected chi connectivity index (χ0v) is 30.0. The third-order valence-corrected chi connectivity index (χ3v) is 10.2. The number of amides is 2. The molecule has 0 saturated heterocycles. The molecule has 0 spiro atoms. The lowest BCUT2D eigenvalue weighted by Crippen LogP contribution is -2.29. The van der Waals surface area contributed by atoms with Gasteiger partial charge >= 0.3 is 6.03 Å². The van der Waals surface area contributed by atoms with Gasteiger partial charge in [-0.1, -0.05) is 67.5 Å². The molecule has 0 fully saturated rings. The topological polar surface area (TPSA) is 139 Å². The molecule has 3 aromatic heterocycles. The zero-order valence-electron chi connectivity index (χ0n) is 27.6. The van der Waals surface area contributed by atoms with Crippen LogP contribution in [0.2, 0.25) is 5.02 Å². The molecule has 50 heavy (non-hydrogen) atoms. The molecule has 0 saturated carbocycles. The summed E-state index contributed by atoms with van der Waals surface area (Å²) in [7, 11) is 0. The Morgan fingerprint density at radius 2 is 1.86 bits per heavy atom. The van der Waals surface area contributed by atoms with E-state index in [9.17, 15) is 9.90 Å². The summed E-state index contributed by atoms with van der Waals surface area (Å²) in [6.07, 6.45) is 4.03. The van der Waals surface area contributed by atoms with Crippen LogP contribution in [0.5, 0.6) is 11.5 Å². The number of rotatable bonds is 13. The largest absolute Gasteiger partial charge is 0.506 e. The van der Waals surface area contributed by atoms with Gasteiger partial charge in [0, 0.05) is 45.3 Å². The van der Waals surface area contributed by atoms with Crippen LogP contribution < -0.4 is 15.4 Å². The molecule has 258 valence electrons. The molecule has 6 rings (SSSR count). The Hall–Kier alpha value is -4.69. The monoisotopic (exact) mass is 729 g/mol. The molecule has 0 atom stereocenters. The van der Waals surface area contributed by atoms with Crippen molar-refractivity contribution in [2.24, 2.45) is 0 Å². The first kappa shape index (κ1) is 35.1. The van der Waals surface area contributed by atoms with Crippen LogP contribution in [0.4, 0.5) is 10.6 Å². The first-order valence-electron chi connectivity index (χ1n) is 15.7. The predicted octanol–water partition coefficient (Wildman–Crippen LogP) is 7.43. The van der Waals surface area contributed by atoms with E-state index in [2.05, 4.69) is 34.7 Å². The van der Waals surface area contributed by atoms with Gasteiger partial charge in [-0.25, -0.2) is 9.48 Å². The lowest BCUT2D eigenvalue weighted by atomic mass is 9.92. The second kappa shape index (κ2) is 15.5. The lowest BCUT2D eigenvalue weighted by molar-refractivity contribution is 0.201. The van der Waals surface area contributed by atoms with E-state index in [0.717, 1.165) is 32.4 Å². The number of anilines is 1. The number of aromatic hydroxyl groups is 1. The molecule has 0 aliphatic heterocycles. The number of benzene rings is 3. The maximum atomic E-state index is 13.3. The Labute approximate surface area is 303 Å². The number of nitrogens with zero attached hydrogens (tertiary/aromatic N) is 5. The normalized spacial score (nSPS) is 11.5. The fourth-order valence-electron chi connectivity index (χ4n) is 5.29. The van der Waals surface area contributed by atoms with E-state index < -0.39 is 6.03 Å². The zero-order chi connectivity index (χ0) is 35.3. The van der Waals surface area contributed by atoms with Crippen molar-refractivity contribution >= 4 is 52.6 Å². The number of thioether (sulfide) groups is 1. The van der Waals surface area contributed by atoms with Gasteiger partial charge in [0.25, 0.3) is 0 Å². The van der Waals surface area contributed by atoms with Crippen molar-refractivity contribution in [3.8, 4) is 28.6 Å². The van der Waals surface area contributed by atoms with E-state index in [1.54, 1.807) is 40.3 Å². The highest BCUT2D eigenvalue weighted by Gasteiger charge is 2.26. The van der Waals surface area contributed by atoms with Crippen LogP contribution in [0.25, 0.3) is 22.7 Å². The summed E-state index contributed by atoms with van der Waals surface area (Å²) in [6, 6.07) is 25.6. The molecule has 4 N–H and O–H groups in total. The maximum absolute atomic E-state index is 13.3. The molecule has 11 nitrogen and oxygen atoms in total. The van der Waals surface area contributed by atoms with Crippen LogP contribution in [0, 0.1) is 0 Å². The van der Waals surface area contributed by atoms with E-state index in [0.29, 0.717) is 28.7 Å². The number of hydrogen-bond donors (Lipinski definition) is 4. The Bertz CT molecular complexity index is 2140. The molecule has 0 aliphatic rings. The summed E-state index contributed by atoms with van der Waals surface area (Å²) in [5, 5.41) is 38.8. The fraction of sp³-hybridized carbons (Fsp3) is 0.222. The third-order valence-electron chi connectivity index (χ3n) is 7.79. The minimum atomic E-state index is -0.397. The number of ether oxygens (including phenoxy) is 1. The number of pyridine rings is 1. The molecule has 3 heterocycles. The lowest BCUT2D eigenvalue weighted by Gasteiger charge is -2.20. The minimum Gasteiger partial charge on any atom is -0.506 e. The van der Waals surface area contributed by atoms with E-state index in [-0.39, 0.29) is 35.9 Å². The van der Waals surface area contributed by atoms with E-state index >= 15 is 0 Å². The highest BCUT2D eigenvalue weighted by molar-refractivity contribution is 7.99. The SMILES string of the molecule is CSCC(C)(C)c1cc(NC(=O)NCc2ccccc2Sc2ccc3nnc(-c4cccc(OCCO)c4)n3c2)n(-c2ccc(O)c(Cl)c2)n1. The number of halogens is 1. The molecular formula is C36H36ClN7O4S2. The minimum absolute atomic E-state index is 0.0356. The summed E-state index contributed by atoms with van der Waals surface area (Å²) < 4.78 is 9.14. The van der Waals surface area contributed by atoms with Crippen LogP contribution >= 0.6 is 35.1 Å². The Morgan fingerprint density at radius 3 is 2.66 bits per heavy atom. The molecule has 0 radical (unpaired) electrons. The molecule has 3 aromatic carbocycles. The van der Waals surface area contributed by atoms with Gasteiger partial charge in [0.15, 0.2) is 11.5 Å².